The fourth-order valence-electron chi connectivity index (χ4n) is 3.62. The zero-order chi connectivity index (χ0) is 19.9. The summed E-state index contributed by atoms with van der Waals surface area (Å²) in [5.74, 6) is -0.236. The van der Waals surface area contributed by atoms with Gasteiger partial charge in [0.05, 0.1) is 5.92 Å². The Morgan fingerprint density at radius 2 is 1.75 bits per heavy atom. The number of hydrogen-bond acceptors (Lipinski definition) is 3. The van der Waals surface area contributed by atoms with E-state index in [1.807, 2.05) is 72.5 Å². The average Bonchev–Trinajstić information content (AvgIpc) is 3.20. The van der Waals surface area contributed by atoms with E-state index in [9.17, 15) is 9.59 Å². The molecule has 2 aromatic carbocycles. The fourth-order valence-corrected chi connectivity index (χ4v) is 3.62. The van der Waals surface area contributed by atoms with Gasteiger partial charge in [-0.2, -0.15) is 0 Å². The molecule has 5 nitrogen and oxygen atoms in total. The monoisotopic (exact) mass is 379 g/mol. The topological polar surface area (TPSA) is 75.4 Å². The maximum absolute atomic E-state index is 12.6. The molecule has 0 spiro atoms. The summed E-state index contributed by atoms with van der Waals surface area (Å²) in [5.41, 5.74) is 8.38. The van der Waals surface area contributed by atoms with Crippen molar-refractivity contribution in [3.05, 3.63) is 71.8 Å². The minimum absolute atomic E-state index is 0.00130. The van der Waals surface area contributed by atoms with Gasteiger partial charge in [0.15, 0.2) is 0 Å². The number of nitrogens with two attached hydrogens (primary N) is 1. The first-order valence-electron chi connectivity index (χ1n) is 9.97. The van der Waals surface area contributed by atoms with Crippen LogP contribution in [0.5, 0.6) is 0 Å². The van der Waals surface area contributed by atoms with Crippen molar-refractivity contribution in [1.29, 1.82) is 0 Å². The van der Waals surface area contributed by atoms with E-state index in [1.54, 1.807) is 0 Å². The SMILES string of the molecule is CC(C(=O)NC1CCN(C(=O)CCc2ccccc2)C1)C(N)c1ccccc1. The highest BCUT2D eigenvalue weighted by Gasteiger charge is 2.29. The molecule has 3 atom stereocenters. The number of aryl methyl sites for hydroxylation is 1. The van der Waals surface area contributed by atoms with Crippen molar-refractivity contribution in [1.82, 2.24) is 10.2 Å². The van der Waals surface area contributed by atoms with Crippen LogP contribution in [0.1, 0.15) is 36.9 Å². The van der Waals surface area contributed by atoms with Crippen LogP contribution >= 0.6 is 0 Å². The second-order valence-electron chi connectivity index (χ2n) is 7.54. The van der Waals surface area contributed by atoms with Crippen LogP contribution in [0, 0.1) is 5.92 Å². The number of rotatable bonds is 7. The van der Waals surface area contributed by atoms with Gasteiger partial charge in [0.25, 0.3) is 0 Å². The first-order valence-corrected chi connectivity index (χ1v) is 9.97. The minimum atomic E-state index is -0.341. The van der Waals surface area contributed by atoms with Gasteiger partial charge in [-0.3, -0.25) is 9.59 Å². The zero-order valence-electron chi connectivity index (χ0n) is 16.4. The molecule has 5 heteroatoms. The number of benzene rings is 2. The summed E-state index contributed by atoms with van der Waals surface area (Å²) < 4.78 is 0. The van der Waals surface area contributed by atoms with Gasteiger partial charge in [-0.15, -0.1) is 0 Å². The van der Waals surface area contributed by atoms with Gasteiger partial charge in [0.1, 0.15) is 0 Å². The largest absolute Gasteiger partial charge is 0.351 e. The van der Waals surface area contributed by atoms with Gasteiger partial charge in [-0.25, -0.2) is 0 Å². The number of amides is 2. The summed E-state index contributed by atoms with van der Waals surface area (Å²) in [6.45, 7) is 3.12. The molecule has 28 heavy (non-hydrogen) atoms. The molecule has 3 N–H and O–H groups in total. The lowest BCUT2D eigenvalue weighted by Gasteiger charge is -2.22. The molecule has 0 aliphatic carbocycles. The number of likely N-dealkylation sites (tertiary alicyclic amines) is 1. The summed E-state index contributed by atoms with van der Waals surface area (Å²) in [6, 6.07) is 19.4. The Morgan fingerprint density at radius 1 is 1.11 bits per heavy atom. The number of hydrogen-bond donors (Lipinski definition) is 2. The van der Waals surface area contributed by atoms with Crippen LogP contribution < -0.4 is 11.1 Å². The molecule has 1 saturated heterocycles. The van der Waals surface area contributed by atoms with E-state index in [-0.39, 0.29) is 29.8 Å². The van der Waals surface area contributed by atoms with Crippen molar-refractivity contribution in [3.63, 3.8) is 0 Å². The van der Waals surface area contributed by atoms with Crippen LogP contribution in [0.25, 0.3) is 0 Å². The molecule has 3 unspecified atom stereocenters. The van der Waals surface area contributed by atoms with E-state index >= 15 is 0 Å². The van der Waals surface area contributed by atoms with Gasteiger partial charge in [0, 0.05) is 31.6 Å². The van der Waals surface area contributed by atoms with Gasteiger partial charge >= 0.3 is 0 Å². The van der Waals surface area contributed by atoms with Crippen LogP contribution in [0.3, 0.4) is 0 Å². The Balaban J connectivity index is 1.46. The number of carbonyl (C=O) groups is 2. The van der Waals surface area contributed by atoms with Crippen LogP contribution in [-0.2, 0) is 16.0 Å². The molecule has 1 aliphatic rings. The van der Waals surface area contributed by atoms with E-state index in [1.165, 1.54) is 5.56 Å². The van der Waals surface area contributed by atoms with E-state index in [0.29, 0.717) is 19.5 Å². The van der Waals surface area contributed by atoms with E-state index in [4.69, 9.17) is 5.73 Å². The molecule has 2 amide bonds. The zero-order valence-corrected chi connectivity index (χ0v) is 16.4. The Bertz CT molecular complexity index is 779. The predicted octanol–water partition coefficient (Wildman–Crippen LogP) is 2.67. The fraction of sp³-hybridized carbons (Fsp3) is 0.391. The maximum Gasteiger partial charge on any atom is 0.225 e. The van der Waals surface area contributed by atoms with Crippen molar-refractivity contribution in [2.24, 2.45) is 11.7 Å². The van der Waals surface area contributed by atoms with Crippen molar-refractivity contribution in [2.75, 3.05) is 13.1 Å². The molecule has 0 bridgehead atoms. The van der Waals surface area contributed by atoms with E-state index < -0.39 is 0 Å². The minimum Gasteiger partial charge on any atom is -0.351 e. The first kappa shape index (κ1) is 20.1. The first-order chi connectivity index (χ1) is 13.5. The molecular weight excluding hydrogens is 350 g/mol. The molecule has 148 valence electrons. The molecule has 3 rings (SSSR count). The lowest BCUT2D eigenvalue weighted by atomic mass is 9.94. The smallest absolute Gasteiger partial charge is 0.225 e. The van der Waals surface area contributed by atoms with Crippen LogP contribution in [0.15, 0.2) is 60.7 Å². The van der Waals surface area contributed by atoms with Crippen molar-refractivity contribution >= 4 is 11.8 Å². The van der Waals surface area contributed by atoms with Gasteiger partial charge < -0.3 is 16.0 Å². The third-order valence-corrected chi connectivity index (χ3v) is 5.49. The Morgan fingerprint density at radius 3 is 2.43 bits per heavy atom. The molecule has 2 aromatic rings. The summed E-state index contributed by atoms with van der Waals surface area (Å²) in [5, 5.41) is 3.08. The van der Waals surface area contributed by atoms with Crippen LogP contribution in [0.2, 0.25) is 0 Å². The van der Waals surface area contributed by atoms with Crippen molar-refractivity contribution in [2.45, 2.75) is 38.3 Å². The molecular formula is C23H29N3O2. The molecule has 1 fully saturated rings. The Hall–Kier alpha value is -2.66. The average molecular weight is 380 g/mol. The Labute approximate surface area is 166 Å². The lowest BCUT2D eigenvalue weighted by molar-refractivity contribution is -0.131. The van der Waals surface area contributed by atoms with Gasteiger partial charge in [0.2, 0.25) is 11.8 Å². The summed E-state index contributed by atoms with van der Waals surface area (Å²) in [6.07, 6.45) is 2.03. The number of nitrogens with zero attached hydrogens (tertiary/aromatic N) is 1. The van der Waals surface area contributed by atoms with Gasteiger partial charge in [-0.1, -0.05) is 67.6 Å². The van der Waals surface area contributed by atoms with Crippen LogP contribution in [-0.4, -0.2) is 35.8 Å². The standard InChI is InChI=1S/C23H29N3O2/c1-17(22(24)19-10-6-3-7-11-19)23(28)25-20-14-15-26(16-20)21(27)13-12-18-8-4-2-5-9-18/h2-11,17,20,22H,12-16,24H2,1H3,(H,25,28). The third kappa shape index (κ3) is 5.20. The lowest BCUT2D eigenvalue weighted by Crippen LogP contribution is -2.43. The normalized spacial score (nSPS) is 18.5. The van der Waals surface area contributed by atoms with Crippen molar-refractivity contribution in [3.8, 4) is 0 Å². The maximum atomic E-state index is 12.6. The highest BCUT2D eigenvalue weighted by Crippen LogP contribution is 2.20. The molecule has 1 heterocycles. The van der Waals surface area contributed by atoms with E-state index in [0.717, 1.165) is 18.4 Å². The molecule has 0 radical (unpaired) electrons. The summed E-state index contributed by atoms with van der Waals surface area (Å²) in [7, 11) is 0. The van der Waals surface area contributed by atoms with Crippen molar-refractivity contribution < 1.29 is 9.59 Å². The summed E-state index contributed by atoms with van der Waals surface area (Å²) >= 11 is 0. The number of carbonyl (C=O) groups excluding carboxylic acids is 2. The molecule has 0 saturated carbocycles. The van der Waals surface area contributed by atoms with E-state index in [2.05, 4.69) is 5.32 Å². The second-order valence-corrected chi connectivity index (χ2v) is 7.54. The number of nitrogens with one attached hydrogen (secondary N) is 1. The predicted molar refractivity (Wildman–Crippen MR) is 110 cm³/mol. The molecule has 0 aromatic heterocycles. The Kier molecular flexibility index (Phi) is 6.82. The third-order valence-electron chi connectivity index (χ3n) is 5.49. The van der Waals surface area contributed by atoms with Gasteiger partial charge in [-0.05, 0) is 24.0 Å². The quantitative estimate of drug-likeness (QED) is 0.777. The highest BCUT2D eigenvalue weighted by atomic mass is 16.2. The second kappa shape index (κ2) is 9.51. The summed E-state index contributed by atoms with van der Waals surface area (Å²) in [4.78, 5) is 26.9. The highest BCUT2D eigenvalue weighted by molar-refractivity contribution is 5.80. The molecule has 1 aliphatic heterocycles. The van der Waals surface area contributed by atoms with Crippen LogP contribution in [0.4, 0.5) is 0 Å².